The number of nitrogens with two attached hydrogens (primary N) is 1. The number of rotatable bonds is 6. The summed E-state index contributed by atoms with van der Waals surface area (Å²) in [6.07, 6.45) is 1.96. The van der Waals surface area contributed by atoms with E-state index in [4.69, 9.17) is 15.2 Å². The van der Waals surface area contributed by atoms with Crippen molar-refractivity contribution in [2.45, 2.75) is 20.0 Å². The normalized spacial score (nSPS) is 10.5. The second-order valence-corrected chi connectivity index (χ2v) is 4.21. The van der Waals surface area contributed by atoms with Crippen LogP contribution in [0.5, 0.6) is 11.5 Å². The maximum Gasteiger partial charge on any atom is 0.161 e. The summed E-state index contributed by atoms with van der Waals surface area (Å²) in [4.78, 5) is 0. The van der Waals surface area contributed by atoms with E-state index in [2.05, 4.69) is 5.10 Å². The number of hydrogen-bond donors (Lipinski definition) is 1. The second-order valence-electron chi connectivity index (χ2n) is 4.21. The van der Waals surface area contributed by atoms with E-state index < -0.39 is 0 Å². The smallest absolute Gasteiger partial charge is 0.161 e. The lowest BCUT2D eigenvalue weighted by molar-refractivity contribution is 0.274. The molecule has 2 N–H and O–H groups in total. The van der Waals surface area contributed by atoms with E-state index in [0.717, 1.165) is 22.8 Å². The average Bonchev–Trinajstić information content (AvgIpc) is 2.79. The Hall–Kier alpha value is -2.01. The molecule has 5 nitrogen and oxygen atoms in total. The summed E-state index contributed by atoms with van der Waals surface area (Å²) < 4.78 is 12.8. The van der Waals surface area contributed by atoms with Crippen LogP contribution in [0.4, 0.5) is 0 Å². The zero-order chi connectivity index (χ0) is 13.7. The Balaban J connectivity index is 1.92. The number of hydrogen-bond acceptors (Lipinski definition) is 4. The zero-order valence-electron chi connectivity index (χ0n) is 11.3. The number of para-hydroxylation sites is 2. The minimum atomic E-state index is 0.513. The van der Waals surface area contributed by atoms with Gasteiger partial charge < -0.3 is 15.2 Å². The van der Waals surface area contributed by atoms with Crippen molar-refractivity contribution in [1.82, 2.24) is 9.78 Å². The van der Waals surface area contributed by atoms with E-state index in [0.29, 0.717) is 19.7 Å². The highest BCUT2D eigenvalue weighted by Gasteiger charge is 2.05. The molecule has 0 fully saturated rings. The number of benzene rings is 1. The number of aryl methyl sites for hydroxylation is 1. The predicted octanol–water partition coefficient (Wildman–Crippen LogP) is 1.74. The molecule has 1 aromatic heterocycles. The topological polar surface area (TPSA) is 62.3 Å². The zero-order valence-corrected chi connectivity index (χ0v) is 11.3. The number of methoxy groups -OCH3 is 1. The van der Waals surface area contributed by atoms with E-state index in [1.54, 1.807) is 7.11 Å². The molecule has 2 rings (SSSR count). The van der Waals surface area contributed by atoms with Crippen LogP contribution in [0, 0.1) is 6.92 Å². The summed E-state index contributed by atoms with van der Waals surface area (Å²) in [5.74, 6) is 1.48. The van der Waals surface area contributed by atoms with Crippen molar-refractivity contribution in [3.05, 3.63) is 41.7 Å². The van der Waals surface area contributed by atoms with Gasteiger partial charge in [-0.1, -0.05) is 12.1 Å². The summed E-state index contributed by atoms with van der Waals surface area (Å²) in [6, 6.07) is 7.59. The van der Waals surface area contributed by atoms with Crippen LogP contribution < -0.4 is 15.2 Å². The maximum absolute atomic E-state index is 5.70. The molecular formula is C14H19N3O2. The first-order valence-electron chi connectivity index (χ1n) is 6.23. The Morgan fingerprint density at radius 2 is 2.00 bits per heavy atom. The van der Waals surface area contributed by atoms with E-state index in [-0.39, 0.29) is 0 Å². The van der Waals surface area contributed by atoms with E-state index in [1.165, 1.54) is 0 Å². The lowest BCUT2D eigenvalue weighted by atomic mass is 10.3. The molecule has 2 aromatic rings. The van der Waals surface area contributed by atoms with Crippen LogP contribution in [0.2, 0.25) is 0 Å². The van der Waals surface area contributed by atoms with Crippen LogP contribution in [0.15, 0.2) is 30.5 Å². The van der Waals surface area contributed by atoms with Crippen LogP contribution in [-0.4, -0.2) is 23.5 Å². The molecule has 0 aliphatic rings. The fourth-order valence-electron chi connectivity index (χ4n) is 1.86. The number of nitrogens with zero attached hydrogens (tertiary/aromatic N) is 2. The van der Waals surface area contributed by atoms with Gasteiger partial charge in [-0.2, -0.15) is 5.10 Å². The lowest BCUT2D eigenvalue weighted by Crippen LogP contribution is -2.09. The van der Waals surface area contributed by atoms with Crippen LogP contribution >= 0.6 is 0 Å². The van der Waals surface area contributed by atoms with Crippen LogP contribution in [0.3, 0.4) is 0 Å². The lowest BCUT2D eigenvalue weighted by Gasteiger charge is -2.10. The monoisotopic (exact) mass is 261 g/mol. The molecule has 0 saturated heterocycles. The number of aromatic nitrogens is 2. The Labute approximate surface area is 112 Å². The van der Waals surface area contributed by atoms with Gasteiger partial charge in [-0.15, -0.1) is 0 Å². The highest BCUT2D eigenvalue weighted by atomic mass is 16.5. The fourth-order valence-corrected chi connectivity index (χ4v) is 1.86. The van der Waals surface area contributed by atoms with Gasteiger partial charge in [0.25, 0.3) is 0 Å². The predicted molar refractivity (Wildman–Crippen MR) is 73.3 cm³/mol. The quantitative estimate of drug-likeness (QED) is 0.860. The molecule has 0 aliphatic carbocycles. The van der Waals surface area contributed by atoms with Gasteiger partial charge in [0.05, 0.1) is 19.3 Å². The largest absolute Gasteiger partial charge is 0.493 e. The van der Waals surface area contributed by atoms with Crippen molar-refractivity contribution in [3.63, 3.8) is 0 Å². The molecule has 0 amide bonds. The van der Waals surface area contributed by atoms with Gasteiger partial charge in [0.1, 0.15) is 6.61 Å². The molecule has 0 saturated carbocycles. The average molecular weight is 261 g/mol. The van der Waals surface area contributed by atoms with E-state index in [1.807, 2.05) is 42.1 Å². The molecule has 1 heterocycles. The molecule has 0 unspecified atom stereocenters. The summed E-state index contributed by atoms with van der Waals surface area (Å²) in [5, 5.41) is 4.38. The van der Waals surface area contributed by atoms with Gasteiger partial charge in [0, 0.05) is 18.3 Å². The highest BCUT2D eigenvalue weighted by Crippen LogP contribution is 2.25. The van der Waals surface area contributed by atoms with Gasteiger partial charge in [-0.25, -0.2) is 0 Å². The van der Waals surface area contributed by atoms with Crippen molar-refractivity contribution in [1.29, 1.82) is 0 Å². The van der Waals surface area contributed by atoms with Crippen LogP contribution in [0.1, 0.15) is 11.3 Å². The molecule has 0 radical (unpaired) electrons. The summed E-state index contributed by atoms with van der Waals surface area (Å²) >= 11 is 0. The summed E-state index contributed by atoms with van der Waals surface area (Å²) in [6.45, 7) is 3.68. The van der Waals surface area contributed by atoms with Gasteiger partial charge in [-0.05, 0) is 19.1 Å². The minimum absolute atomic E-state index is 0.513. The van der Waals surface area contributed by atoms with Gasteiger partial charge in [0.2, 0.25) is 0 Å². The van der Waals surface area contributed by atoms with E-state index in [9.17, 15) is 0 Å². The summed E-state index contributed by atoms with van der Waals surface area (Å²) in [7, 11) is 1.63. The Bertz CT molecular complexity index is 537. The molecule has 0 bridgehead atoms. The van der Waals surface area contributed by atoms with Gasteiger partial charge in [0.15, 0.2) is 11.5 Å². The fraction of sp³-hybridized carbons (Fsp3) is 0.357. The van der Waals surface area contributed by atoms with E-state index >= 15 is 0 Å². The summed E-state index contributed by atoms with van der Waals surface area (Å²) in [5.41, 5.74) is 7.66. The molecule has 102 valence electrons. The van der Waals surface area contributed by atoms with Crippen molar-refractivity contribution >= 4 is 0 Å². The third kappa shape index (κ3) is 3.26. The van der Waals surface area contributed by atoms with Crippen LogP contribution in [-0.2, 0) is 13.1 Å². The molecule has 1 aromatic carbocycles. The number of ether oxygens (including phenoxy) is 2. The van der Waals surface area contributed by atoms with Crippen molar-refractivity contribution in [3.8, 4) is 11.5 Å². The van der Waals surface area contributed by atoms with Crippen molar-refractivity contribution in [2.75, 3.05) is 13.7 Å². The molecule has 0 spiro atoms. The Kier molecular flexibility index (Phi) is 4.41. The second kappa shape index (κ2) is 6.24. The van der Waals surface area contributed by atoms with Gasteiger partial charge >= 0.3 is 0 Å². The third-order valence-electron chi connectivity index (χ3n) is 2.91. The Morgan fingerprint density at radius 1 is 1.26 bits per heavy atom. The third-order valence-corrected chi connectivity index (χ3v) is 2.91. The highest BCUT2D eigenvalue weighted by molar-refractivity contribution is 5.39. The molecular weight excluding hydrogens is 242 g/mol. The first-order valence-corrected chi connectivity index (χ1v) is 6.23. The minimum Gasteiger partial charge on any atom is -0.493 e. The van der Waals surface area contributed by atoms with Crippen molar-refractivity contribution in [2.24, 2.45) is 5.73 Å². The first-order chi connectivity index (χ1) is 9.24. The SMILES string of the molecule is COc1ccccc1OCCn1cc(CN)c(C)n1. The van der Waals surface area contributed by atoms with Gasteiger partial charge in [-0.3, -0.25) is 4.68 Å². The molecule has 0 aliphatic heterocycles. The molecule has 0 atom stereocenters. The molecule has 19 heavy (non-hydrogen) atoms. The maximum atomic E-state index is 5.70. The first kappa shape index (κ1) is 13.4. The molecule has 5 heteroatoms. The Morgan fingerprint density at radius 3 is 2.63 bits per heavy atom. The standard InChI is InChI=1S/C14H19N3O2/c1-11-12(9-15)10-17(16-11)7-8-19-14-6-4-3-5-13(14)18-2/h3-6,10H,7-9,15H2,1-2H3. The van der Waals surface area contributed by atoms with Crippen molar-refractivity contribution < 1.29 is 9.47 Å². The van der Waals surface area contributed by atoms with Crippen LogP contribution in [0.25, 0.3) is 0 Å².